The first-order chi connectivity index (χ1) is 11.0. The van der Waals surface area contributed by atoms with Crippen molar-refractivity contribution in [3.8, 4) is 36.5 Å². The molecule has 0 aromatic carbocycles. The van der Waals surface area contributed by atoms with Crippen molar-refractivity contribution in [2.24, 2.45) is 5.41 Å². The number of rotatable bonds is 8. The molecule has 0 spiro atoms. The van der Waals surface area contributed by atoms with Crippen molar-refractivity contribution in [3.05, 3.63) is 0 Å². The molecule has 0 rings (SSSR count). The van der Waals surface area contributed by atoms with Crippen molar-refractivity contribution < 1.29 is 23.8 Å². The highest BCUT2D eigenvalue weighted by Crippen LogP contribution is 2.30. The van der Waals surface area contributed by atoms with Gasteiger partial charge in [-0.05, 0) is 20.8 Å². The molecule has 0 fully saturated rings. The van der Waals surface area contributed by atoms with E-state index in [-0.39, 0.29) is 32.7 Å². The maximum atomic E-state index is 12.3. The predicted octanol–water partition coefficient (Wildman–Crippen LogP) is 1.55. The lowest BCUT2D eigenvalue weighted by Gasteiger charge is -2.25. The van der Waals surface area contributed by atoms with Crippen LogP contribution in [0.2, 0.25) is 0 Å². The minimum Gasteiger partial charge on any atom is -0.465 e. The van der Waals surface area contributed by atoms with Gasteiger partial charge in [0.25, 0.3) is 0 Å². The summed E-state index contributed by atoms with van der Waals surface area (Å²) in [5.41, 5.74) is -1.63. The quantitative estimate of drug-likeness (QED) is 0.386. The van der Waals surface area contributed by atoms with Crippen LogP contribution in [-0.4, -0.2) is 37.9 Å². The van der Waals surface area contributed by atoms with E-state index in [1.807, 2.05) is 0 Å². The van der Waals surface area contributed by atoms with Crippen LogP contribution in [-0.2, 0) is 23.8 Å². The van der Waals surface area contributed by atoms with E-state index < -0.39 is 23.5 Å². The van der Waals surface area contributed by atoms with Gasteiger partial charge < -0.3 is 14.2 Å². The lowest BCUT2D eigenvalue weighted by atomic mass is 9.81. The molecule has 124 valence electrons. The van der Waals surface area contributed by atoms with Crippen molar-refractivity contribution in [3.63, 3.8) is 0 Å². The van der Waals surface area contributed by atoms with Gasteiger partial charge in [-0.15, -0.1) is 18.8 Å². The fraction of sp³-hybridized carbons (Fsp3) is 0.556. The minimum absolute atomic E-state index is 0.112. The Hall–Kier alpha value is -2.42. The standard InChI is InChI=1S/C18H22O5/c1-6-12-18(16(19)21-8-3,17(20)22-9-4)13-10-11-15(5)23-14-7-2/h1-2,15H,8-9,12-14H2,3-5H3. The molecule has 0 saturated heterocycles. The molecule has 1 atom stereocenters. The van der Waals surface area contributed by atoms with Gasteiger partial charge in [-0.1, -0.05) is 17.8 Å². The van der Waals surface area contributed by atoms with E-state index in [1.54, 1.807) is 20.8 Å². The SMILES string of the molecule is C#CCOC(C)C#CCC(CC#C)(C(=O)OCC)C(=O)OCC. The molecule has 5 heteroatoms. The van der Waals surface area contributed by atoms with E-state index in [0.717, 1.165) is 0 Å². The van der Waals surface area contributed by atoms with Gasteiger partial charge >= 0.3 is 11.9 Å². The number of carbonyl (C=O) groups excluding carboxylic acids is 2. The van der Waals surface area contributed by atoms with E-state index in [2.05, 4.69) is 23.7 Å². The molecule has 0 saturated carbocycles. The summed E-state index contributed by atoms with van der Waals surface area (Å²) in [5.74, 6) is 8.73. The zero-order valence-electron chi connectivity index (χ0n) is 13.8. The Labute approximate surface area is 138 Å². The molecule has 0 bridgehead atoms. The largest absolute Gasteiger partial charge is 0.465 e. The molecular formula is C18H22O5. The molecule has 1 unspecified atom stereocenters. The van der Waals surface area contributed by atoms with Crippen molar-refractivity contribution in [1.82, 2.24) is 0 Å². The smallest absolute Gasteiger partial charge is 0.325 e. The molecular weight excluding hydrogens is 296 g/mol. The summed E-state index contributed by atoms with van der Waals surface area (Å²) >= 11 is 0. The lowest BCUT2D eigenvalue weighted by Crippen LogP contribution is -2.41. The van der Waals surface area contributed by atoms with Crippen LogP contribution in [0.15, 0.2) is 0 Å². The molecule has 0 aliphatic carbocycles. The Morgan fingerprint density at radius 1 is 1.04 bits per heavy atom. The Kier molecular flexibility index (Phi) is 10.0. The highest BCUT2D eigenvalue weighted by Gasteiger charge is 2.48. The first kappa shape index (κ1) is 20.6. The highest BCUT2D eigenvalue weighted by molar-refractivity contribution is 6.00. The number of ether oxygens (including phenoxy) is 3. The zero-order chi connectivity index (χ0) is 17.7. The van der Waals surface area contributed by atoms with Gasteiger partial charge in [0.15, 0.2) is 5.41 Å². The van der Waals surface area contributed by atoms with Crippen molar-refractivity contribution in [2.45, 2.75) is 39.7 Å². The third kappa shape index (κ3) is 6.47. The molecule has 0 aliphatic heterocycles. The van der Waals surface area contributed by atoms with Gasteiger partial charge in [0.2, 0.25) is 0 Å². The molecule has 0 aromatic rings. The van der Waals surface area contributed by atoms with Gasteiger partial charge in [-0.25, -0.2) is 0 Å². The summed E-state index contributed by atoms with van der Waals surface area (Å²) in [5, 5.41) is 0. The number of terminal acetylenes is 2. The molecule has 0 aromatic heterocycles. The lowest BCUT2D eigenvalue weighted by molar-refractivity contribution is -0.171. The van der Waals surface area contributed by atoms with Crippen LogP contribution in [0, 0.1) is 41.9 Å². The van der Waals surface area contributed by atoms with Crippen molar-refractivity contribution in [1.29, 1.82) is 0 Å². The third-order valence-corrected chi connectivity index (χ3v) is 2.85. The van der Waals surface area contributed by atoms with E-state index in [0.29, 0.717) is 0 Å². The number of carbonyl (C=O) groups is 2. The first-order valence-electron chi connectivity index (χ1n) is 7.29. The Morgan fingerprint density at radius 2 is 1.61 bits per heavy atom. The van der Waals surface area contributed by atoms with Crippen LogP contribution < -0.4 is 0 Å². The molecule has 0 radical (unpaired) electrons. The fourth-order valence-corrected chi connectivity index (χ4v) is 1.71. The van der Waals surface area contributed by atoms with E-state index in [1.165, 1.54) is 0 Å². The van der Waals surface area contributed by atoms with Gasteiger partial charge in [0.1, 0.15) is 12.7 Å². The van der Waals surface area contributed by atoms with Crippen LogP contribution in [0.3, 0.4) is 0 Å². The van der Waals surface area contributed by atoms with Crippen LogP contribution in [0.1, 0.15) is 33.6 Å². The average molecular weight is 318 g/mol. The Bertz CT molecular complexity index is 520. The van der Waals surface area contributed by atoms with Crippen LogP contribution in [0.5, 0.6) is 0 Å². The fourth-order valence-electron chi connectivity index (χ4n) is 1.71. The molecule has 23 heavy (non-hydrogen) atoms. The van der Waals surface area contributed by atoms with Gasteiger partial charge in [-0.2, -0.15) is 0 Å². The molecule has 0 aliphatic rings. The molecule has 0 heterocycles. The van der Waals surface area contributed by atoms with E-state index in [4.69, 9.17) is 27.1 Å². The van der Waals surface area contributed by atoms with Crippen LogP contribution in [0.4, 0.5) is 0 Å². The number of esters is 2. The van der Waals surface area contributed by atoms with E-state index in [9.17, 15) is 9.59 Å². The highest BCUT2D eigenvalue weighted by atomic mass is 16.6. The third-order valence-electron chi connectivity index (χ3n) is 2.85. The monoisotopic (exact) mass is 318 g/mol. The zero-order valence-corrected chi connectivity index (χ0v) is 13.8. The second kappa shape index (κ2) is 11.2. The van der Waals surface area contributed by atoms with Gasteiger partial charge in [-0.3, -0.25) is 9.59 Å². The summed E-state index contributed by atoms with van der Waals surface area (Å²) in [7, 11) is 0. The maximum absolute atomic E-state index is 12.3. The van der Waals surface area contributed by atoms with Crippen LogP contribution in [0.25, 0.3) is 0 Å². The van der Waals surface area contributed by atoms with Crippen molar-refractivity contribution >= 4 is 11.9 Å². The Morgan fingerprint density at radius 3 is 2.04 bits per heavy atom. The predicted molar refractivity (Wildman–Crippen MR) is 85.8 cm³/mol. The molecule has 5 nitrogen and oxygen atoms in total. The van der Waals surface area contributed by atoms with Crippen molar-refractivity contribution in [2.75, 3.05) is 19.8 Å². The summed E-state index contributed by atoms with van der Waals surface area (Å²) < 4.78 is 15.2. The summed E-state index contributed by atoms with van der Waals surface area (Å²) in [6.07, 6.45) is 9.71. The summed E-state index contributed by atoms with van der Waals surface area (Å²) in [6, 6.07) is 0. The van der Waals surface area contributed by atoms with Crippen LogP contribution >= 0.6 is 0 Å². The number of hydrogen-bond acceptors (Lipinski definition) is 5. The summed E-state index contributed by atoms with van der Waals surface area (Å²) in [4.78, 5) is 24.5. The van der Waals surface area contributed by atoms with Gasteiger partial charge in [0, 0.05) is 12.8 Å². The first-order valence-corrected chi connectivity index (χ1v) is 7.29. The normalized spacial score (nSPS) is 11.2. The summed E-state index contributed by atoms with van der Waals surface area (Å²) in [6.45, 7) is 5.37. The number of hydrogen-bond donors (Lipinski definition) is 0. The maximum Gasteiger partial charge on any atom is 0.325 e. The molecule has 0 amide bonds. The average Bonchev–Trinajstić information content (AvgIpc) is 2.52. The van der Waals surface area contributed by atoms with E-state index >= 15 is 0 Å². The topological polar surface area (TPSA) is 61.8 Å². The minimum atomic E-state index is -1.63. The molecule has 0 N–H and O–H groups in total. The van der Waals surface area contributed by atoms with Gasteiger partial charge in [0.05, 0.1) is 13.2 Å². The Balaban J connectivity index is 5.37. The second-order valence-electron chi connectivity index (χ2n) is 4.56. The second-order valence-corrected chi connectivity index (χ2v) is 4.56.